The summed E-state index contributed by atoms with van der Waals surface area (Å²) in [7, 11) is 0. The Labute approximate surface area is 187 Å². The van der Waals surface area contributed by atoms with Gasteiger partial charge in [0.05, 0.1) is 6.04 Å². The van der Waals surface area contributed by atoms with Crippen LogP contribution in [0.2, 0.25) is 0 Å². The number of hydrogen-bond donors (Lipinski definition) is 2. The van der Waals surface area contributed by atoms with Gasteiger partial charge in [0, 0.05) is 6.08 Å². The van der Waals surface area contributed by atoms with Gasteiger partial charge < -0.3 is 15.4 Å². The van der Waals surface area contributed by atoms with Gasteiger partial charge in [-0.2, -0.15) is 8.78 Å². The number of alkyl halides is 2. The molecule has 0 saturated heterocycles. The molecule has 0 bridgehead atoms. The molecular formula is C25H30F2N2O3. The summed E-state index contributed by atoms with van der Waals surface area (Å²) in [5, 5.41) is 4.92. The summed E-state index contributed by atoms with van der Waals surface area (Å²) in [6.07, 6.45) is 0.229. The lowest BCUT2D eigenvalue weighted by Crippen LogP contribution is -2.49. The SMILES string of the molecule is C[C@@H](NC(=O)/C=C/C(F)(F)[C@@H](Cc1ccccc1)NC(=O)OC(C)(C)C)c1ccccc1. The highest BCUT2D eigenvalue weighted by molar-refractivity contribution is 5.88. The second-order valence-electron chi connectivity index (χ2n) is 8.54. The first-order chi connectivity index (χ1) is 15.0. The number of nitrogens with one attached hydrogen (secondary N) is 2. The van der Waals surface area contributed by atoms with E-state index in [1.165, 1.54) is 0 Å². The summed E-state index contributed by atoms with van der Waals surface area (Å²) in [5.41, 5.74) is 0.637. The number of rotatable bonds is 8. The highest BCUT2D eigenvalue weighted by Crippen LogP contribution is 2.24. The maximum Gasteiger partial charge on any atom is 0.408 e. The lowest BCUT2D eigenvalue weighted by atomic mass is 10.00. The minimum Gasteiger partial charge on any atom is -0.444 e. The number of hydrogen-bond acceptors (Lipinski definition) is 3. The zero-order chi connectivity index (χ0) is 23.8. The van der Waals surface area contributed by atoms with Crippen molar-refractivity contribution in [1.82, 2.24) is 10.6 Å². The van der Waals surface area contributed by atoms with Crippen molar-refractivity contribution >= 4 is 12.0 Å². The maximum absolute atomic E-state index is 15.1. The van der Waals surface area contributed by atoms with Crippen molar-refractivity contribution in [3.63, 3.8) is 0 Å². The highest BCUT2D eigenvalue weighted by atomic mass is 19.3. The van der Waals surface area contributed by atoms with Crippen LogP contribution in [0.15, 0.2) is 72.8 Å². The summed E-state index contributed by atoms with van der Waals surface area (Å²) in [4.78, 5) is 24.4. The third-order valence-electron chi connectivity index (χ3n) is 4.55. The predicted molar refractivity (Wildman–Crippen MR) is 120 cm³/mol. The first-order valence-corrected chi connectivity index (χ1v) is 10.4. The molecule has 0 unspecified atom stereocenters. The van der Waals surface area contributed by atoms with Crippen LogP contribution in [0.5, 0.6) is 0 Å². The Bertz CT molecular complexity index is 910. The van der Waals surface area contributed by atoms with E-state index >= 15 is 8.78 Å². The molecule has 0 aromatic heterocycles. The van der Waals surface area contributed by atoms with Gasteiger partial charge in [-0.05, 0) is 51.3 Å². The predicted octanol–water partition coefficient (Wildman–Crippen LogP) is 5.19. The van der Waals surface area contributed by atoms with Gasteiger partial charge in [0.25, 0.3) is 5.92 Å². The Morgan fingerprint density at radius 1 is 0.969 bits per heavy atom. The third-order valence-corrected chi connectivity index (χ3v) is 4.55. The summed E-state index contributed by atoms with van der Waals surface area (Å²) in [6, 6.07) is 15.9. The standard InChI is InChI=1S/C25H30F2N2O3/c1-18(20-13-9-6-10-14-20)28-22(30)15-16-25(26,27)21(17-19-11-7-5-8-12-19)29-23(31)32-24(2,3)4/h5-16,18,21H,17H2,1-4H3,(H,28,30)(H,29,31)/b16-15+/t18-,21-/m1/s1. The van der Waals surface area contributed by atoms with E-state index in [1.807, 2.05) is 30.3 Å². The number of amides is 2. The molecule has 2 atom stereocenters. The van der Waals surface area contributed by atoms with E-state index < -0.39 is 29.6 Å². The number of benzene rings is 2. The van der Waals surface area contributed by atoms with Crippen LogP contribution < -0.4 is 10.6 Å². The average molecular weight is 445 g/mol. The van der Waals surface area contributed by atoms with Gasteiger partial charge in [-0.1, -0.05) is 60.7 Å². The van der Waals surface area contributed by atoms with Crippen LogP contribution in [-0.4, -0.2) is 29.6 Å². The minimum absolute atomic E-state index is 0.139. The third kappa shape index (κ3) is 8.49. The molecule has 0 spiro atoms. The Kier molecular flexibility index (Phi) is 8.52. The van der Waals surface area contributed by atoms with Crippen molar-refractivity contribution in [2.24, 2.45) is 0 Å². The molecule has 0 fully saturated rings. The lowest BCUT2D eigenvalue weighted by Gasteiger charge is -2.27. The van der Waals surface area contributed by atoms with Crippen molar-refractivity contribution in [3.8, 4) is 0 Å². The maximum atomic E-state index is 15.1. The first-order valence-electron chi connectivity index (χ1n) is 10.4. The molecule has 2 amide bonds. The van der Waals surface area contributed by atoms with Crippen molar-refractivity contribution < 1.29 is 23.1 Å². The van der Waals surface area contributed by atoms with E-state index in [9.17, 15) is 9.59 Å². The molecule has 172 valence electrons. The molecule has 2 N–H and O–H groups in total. The van der Waals surface area contributed by atoms with E-state index in [0.717, 1.165) is 11.6 Å². The second-order valence-corrected chi connectivity index (χ2v) is 8.54. The van der Waals surface area contributed by atoms with Gasteiger partial charge in [0.1, 0.15) is 11.6 Å². The van der Waals surface area contributed by atoms with Gasteiger partial charge in [-0.3, -0.25) is 4.79 Å². The molecule has 32 heavy (non-hydrogen) atoms. The van der Waals surface area contributed by atoms with Crippen molar-refractivity contribution in [2.75, 3.05) is 0 Å². The summed E-state index contributed by atoms with van der Waals surface area (Å²) < 4.78 is 35.2. The molecule has 0 saturated carbocycles. The first kappa shape index (κ1) is 25.0. The van der Waals surface area contributed by atoms with Gasteiger partial charge in [-0.25, -0.2) is 4.79 Å². The van der Waals surface area contributed by atoms with Crippen LogP contribution in [0.4, 0.5) is 13.6 Å². The van der Waals surface area contributed by atoms with Crippen LogP contribution in [0.25, 0.3) is 0 Å². The van der Waals surface area contributed by atoms with E-state index in [-0.39, 0.29) is 12.5 Å². The monoisotopic (exact) mass is 444 g/mol. The molecule has 0 aliphatic carbocycles. The number of halogens is 2. The van der Waals surface area contributed by atoms with E-state index in [1.54, 1.807) is 58.0 Å². The van der Waals surface area contributed by atoms with Crippen LogP contribution in [0.3, 0.4) is 0 Å². The van der Waals surface area contributed by atoms with Gasteiger partial charge in [0.2, 0.25) is 5.91 Å². The highest BCUT2D eigenvalue weighted by Gasteiger charge is 2.39. The van der Waals surface area contributed by atoms with Crippen LogP contribution in [0.1, 0.15) is 44.9 Å². The van der Waals surface area contributed by atoms with Crippen LogP contribution in [-0.2, 0) is 16.0 Å². The molecule has 2 aromatic rings. The molecule has 0 aliphatic heterocycles. The van der Waals surface area contributed by atoms with Gasteiger partial charge >= 0.3 is 6.09 Å². The molecule has 0 radical (unpaired) electrons. The number of alkyl carbamates (subject to hydrolysis) is 1. The minimum atomic E-state index is -3.50. The van der Waals surface area contributed by atoms with Crippen molar-refractivity contribution in [3.05, 3.63) is 83.9 Å². The van der Waals surface area contributed by atoms with E-state index in [2.05, 4.69) is 10.6 Å². The molecule has 2 rings (SSSR count). The normalized spacial score (nSPS) is 13.9. The van der Waals surface area contributed by atoms with Gasteiger partial charge in [0.15, 0.2) is 0 Å². The fraction of sp³-hybridized carbons (Fsp3) is 0.360. The topological polar surface area (TPSA) is 67.4 Å². The Morgan fingerprint density at radius 3 is 2.09 bits per heavy atom. The number of carbonyl (C=O) groups excluding carboxylic acids is 2. The van der Waals surface area contributed by atoms with E-state index in [0.29, 0.717) is 11.6 Å². The lowest BCUT2D eigenvalue weighted by molar-refractivity contribution is -0.117. The fourth-order valence-corrected chi connectivity index (χ4v) is 2.97. The van der Waals surface area contributed by atoms with Crippen molar-refractivity contribution in [2.45, 2.75) is 57.7 Å². The molecular weight excluding hydrogens is 414 g/mol. The quantitative estimate of drug-likeness (QED) is 0.551. The largest absolute Gasteiger partial charge is 0.444 e. The Hall–Kier alpha value is -3.22. The number of carbonyl (C=O) groups is 2. The average Bonchev–Trinajstić information content (AvgIpc) is 2.72. The molecule has 2 aromatic carbocycles. The fourth-order valence-electron chi connectivity index (χ4n) is 2.97. The molecule has 0 heterocycles. The zero-order valence-corrected chi connectivity index (χ0v) is 18.8. The number of ether oxygens (including phenoxy) is 1. The van der Waals surface area contributed by atoms with Gasteiger partial charge in [-0.15, -0.1) is 0 Å². The summed E-state index contributed by atoms with van der Waals surface area (Å²) in [5.74, 6) is -4.16. The smallest absolute Gasteiger partial charge is 0.408 e. The van der Waals surface area contributed by atoms with Crippen LogP contribution in [0, 0.1) is 0 Å². The summed E-state index contributed by atoms with van der Waals surface area (Å²) in [6.45, 7) is 6.71. The molecule has 7 heteroatoms. The molecule has 0 aliphatic rings. The van der Waals surface area contributed by atoms with Crippen molar-refractivity contribution in [1.29, 1.82) is 0 Å². The second kappa shape index (κ2) is 10.9. The van der Waals surface area contributed by atoms with E-state index in [4.69, 9.17) is 4.74 Å². The van der Waals surface area contributed by atoms with Crippen LogP contribution >= 0.6 is 0 Å². The Balaban J connectivity index is 2.12. The summed E-state index contributed by atoms with van der Waals surface area (Å²) >= 11 is 0. The Morgan fingerprint density at radius 2 is 1.53 bits per heavy atom. The zero-order valence-electron chi connectivity index (χ0n) is 18.8. The molecule has 5 nitrogen and oxygen atoms in total.